The highest BCUT2D eigenvalue weighted by Crippen LogP contribution is 2.33. The predicted molar refractivity (Wildman–Crippen MR) is 73.3 cm³/mol. The highest BCUT2D eigenvalue weighted by Gasteiger charge is 2.24. The first-order valence-electron chi connectivity index (χ1n) is 6.16. The van der Waals surface area contributed by atoms with E-state index in [4.69, 9.17) is 11.6 Å². The van der Waals surface area contributed by atoms with E-state index >= 15 is 0 Å². The van der Waals surface area contributed by atoms with Crippen molar-refractivity contribution in [1.82, 2.24) is 0 Å². The summed E-state index contributed by atoms with van der Waals surface area (Å²) in [7, 11) is 0. The number of hydrogen-bond donors (Lipinski definition) is 0. The topological polar surface area (TPSA) is 46.4 Å². The molecular weight excluding hydrogens is 252 g/mol. The summed E-state index contributed by atoms with van der Waals surface area (Å²) in [6.07, 6.45) is 1.22. The van der Waals surface area contributed by atoms with E-state index in [-0.39, 0.29) is 5.69 Å². The lowest BCUT2D eigenvalue weighted by Crippen LogP contribution is -2.38. The zero-order chi connectivity index (χ0) is 13.3. The van der Waals surface area contributed by atoms with Gasteiger partial charge in [-0.15, -0.1) is 0 Å². The number of hydrogen-bond acceptors (Lipinski definition) is 3. The molecule has 0 saturated carbocycles. The van der Waals surface area contributed by atoms with Gasteiger partial charge in [-0.05, 0) is 24.3 Å². The van der Waals surface area contributed by atoms with Crippen LogP contribution in [0.5, 0.6) is 0 Å². The fourth-order valence-electron chi connectivity index (χ4n) is 2.73. The van der Waals surface area contributed by atoms with Crippen LogP contribution in [0.15, 0.2) is 18.2 Å². The molecule has 1 aliphatic heterocycles. The first kappa shape index (κ1) is 13.1. The van der Waals surface area contributed by atoms with Crippen LogP contribution in [-0.4, -0.2) is 18.0 Å². The minimum atomic E-state index is -0.420. The summed E-state index contributed by atoms with van der Waals surface area (Å²) in [5.74, 6) is 1.25. The second-order valence-corrected chi connectivity index (χ2v) is 5.65. The van der Waals surface area contributed by atoms with Gasteiger partial charge < -0.3 is 4.90 Å². The molecule has 1 aromatic carbocycles. The van der Waals surface area contributed by atoms with Crippen molar-refractivity contribution >= 4 is 23.0 Å². The smallest absolute Gasteiger partial charge is 0.271 e. The number of rotatable bonds is 2. The van der Waals surface area contributed by atoms with Gasteiger partial charge in [0.05, 0.1) is 15.6 Å². The van der Waals surface area contributed by atoms with Gasteiger partial charge in [-0.25, -0.2) is 0 Å². The van der Waals surface area contributed by atoms with Gasteiger partial charge in [-0.3, -0.25) is 10.1 Å². The molecule has 0 spiro atoms. The molecule has 1 heterocycles. The van der Waals surface area contributed by atoms with Crippen LogP contribution in [0.25, 0.3) is 0 Å². The summed E-state index contributed by atoms with van der Waals surface area (Å²) in [6, 6.07) is 4.71. The lowest BCUT2D eigenvalue weighted by molar-refractivity contribution is -0.384. The number of halogens is 1. The van der Waals surface area contributed by atoms with E-state index in [1.807, 2.05) is 0 Å². The van der Waals surface area contributed by atoms with Crippen LogP contribution in [0.3, 0.4) is 0 Å². The van der Waals surface area contributed by atoms with Crippen molar-refractivity contribution in [2.24, 2.45) is 11.8 Å². The maximum atomic E-state index is 10.7. The second-order valence-electron chi connectivity index (χ2n) is 5.24. The van der Waals surface area contributed by atoms with Gasteiger partial charge in [0.15, 0.2) is 0 Å². The quantitative estimate of drug-likeness (QED) is 0.606. The molecule has 0 bridgehead atoms. The monoisotopic (exact) mass is 268 g/mol. The highest BCUT2D eigenvalue weighted by atomic mass is 35.5. The maximum Gasteiger partial charge on any atom is 0.271 e. The molecule has 18 heavy (non-hydrogen) atoms. The van der Waals surface area contributed by atoms with Crippen molar-refractivity contribution in [3.8, 4) is 0 Å². The van der Waals surface area contributed by atoms with E-state index in [0.29, 0.717) is 16.9 Å². The molecule has 1 saturated heterocycles. The van der Waals surface area contributed by atoms with E-state index in [9.17, 15) is 10.1 Å². The van der Waals surface area contributed by atoms with Crippen molar-refractivity contribution in [2.75, 3.05) is 18.0 Å². The first-order valence-corrected chi connectivity index (χ1v) is 6.54. The van der Waals surface area contributed by atoms with Gasteiger partial charge in [0.1, 0.15) is 0 Å². The molecule has 1 aliphatic rings. The van der Waals surface area contributed by atoms with Crippen LogP contribution in [0, 0.1) is 22.0 Å². The van der Waals surface area contributed by atoms with Crippen LogP contribution >= 0.6 is 11.6 Å². The molecule has 0 amide bonds. The number of nitrogens with zero attached hydrogens (tertiary/aromatic N) is 2. The molecular formula is C13H17ClN2O2. The Hall–Kier alpha value is -1.29. The van der Waals surface area contributed by atoms with E-state index in [1.54, 1.807) is 6.07 Å². The Balaban J connectivity index is 2.25. The maximum absolute atomic E-state index is 10.7. The molecule has 5 heteroatoms. The third kappa shape index (κ3) is 2.75. The van der Waals surface area contributed by atoms with Gasteiger partial charge in [0.25, 0.3) is 5.69 Å². The number of nitro benzene ring substituents is 1. The lowest BCUT2D eigenvalue weighted by Gasteiger charge is -2.37. The minimum Gasteiger partial charge on any atom is -0.370 e. The standard InChI is InChI=1S/C13H17ClN2O2/c1-9-5-10(2)8-15(7-9)13-4-3-11(16(17)18)6-12(13)14/h3-4,6,9-10H,5,7-8H2,1-2H3/t9-,10-/m1/s1. The number of anilines is 1. The molecule has 2 atom stereocenters. The minimum absolute atomic E-state index is 0.0434. The Labute approximate surface area is 112 Å². The van der Waals surface area contributed by atoms with Crippen molar-refractivity contribution < 1.29 is 4.92 Å². The van der Waals surface area contributed by atoms with Crippen LogP contribution in [-0.2, 0) is 0 Å². The summed E-state index contributed by atoms with van der Waals surface area (Å²) < 4.78 is 0. The molecule has 0 unspecified atom stereocenters. The first-order chi connectivity index (χ1) is 8.47. The number of piperidine rings is 1. The molecule has 0 aliphatic carbocycles. The van der Waals surface area contributed by atoms with Crippen molar-refractivity contribution in [3.05, 3.63) is 33.3 Å². The summed E-state index contributed by atoms with van der Waals surface area (Å²) in [4.78, 5) is 12.5. The van der Waals surface area contributed by atoms with Gasteiger partial charge in [-0.2, -0.15) is 0 Å². The van der Waals surface area contributed by atoms with Crippen LogP contribution in [0.2, 0.25) is 5.02 Å². The van der Waals surface area contributed by atoms with E-state index in [2.05, 4.69) is 18.7 Å². The number of benzene rings is 1. The van der Waals surface area contributed by atoms with E-state index < -0.39 is 4.92 Å². The van der Waals surface area contributed by atoms with Crippen molar-refractivity contribution in [1.29, 1.82) is 0 Å². The Morgan fingerprint density at radius 1 is 1.33 bits per heavy atom. The number of non-ortho nitro benzene ring substituents is 1. The van der Waals surface area contributed by atoms with Gasteiger partial charge in [0, 0.05) is 25.2 Å². The van der Waals surface area contributed by atoms with Gasteiger partial charge in [0.2, 0.25) is 0 Å². The normalized spacial score (nSPS) is 24.1. The zero-order valence-electron chi connectivity index (χ0n) is 10.6. The fourth-order valence-corrected chi connectivity index (χ4v) is 3.02. The molecule has 4 nitrogen and oxygen atoms in total. The molecule has 0 aromatic heterocycles. The third-order valence-electron chi connectivity index (χ3n) is 3.35. The summed E-state index contributed by atoms with van der Waals surface area (Å²) in [5, 5.41) is 11.1. The second kappa shape index (κ2) is 5.14. The van der Waals surface area contributed by atoms with Crippen LogP contribution < -0.4 is 4.90 Å². The Kier molecular flexibility index (Phi) is 3.76. The SMILES string of the molecule is C[C@@H]1C[C@@H](C)CN(c2ccc([N+](=O)[O-])cc2Cl)C1. The van der Waals surface area contributed by atoms with Gasteiger partial charge in [-0.1, -0.05) is 25.4 Å². The predicted octanol–water partition coefficient (Wildman–Crippen LogP) is 3.73. The molecule has 1 fully saturated rings. The Bertz CT molecular complexity index is 454. The molecule has 1 aromatic rings. The third-order valence-corrected chi connectivity index (χ3v) is 3.65. The largest absolute Gasteiger partial charge is 0.370 e. The Morgan fingerprint density at radius 3 is 2.44 bits per heavy atom. The summed E-state index contributed by atoms with van der Waals surface area (Å²) in [5.41, 5.74) is 0.947. The Morgan fingerprint density at radius 2 is 1.94 bits per heavy atom. The fraction of sp³-hybridized carbons (Fsp3) is 0.538. The van der Waals surface area contributed by atoms with E-state index in [0.717, 1.165) is 18.8 Å². The van der Waals surface area contributed by atoms with Crippen LogP contribution in [0.4, 0.5) is 11.4 Å². The van der Waals surface area contributed by atoms with Gasteiger partial charge >= 0.3 is 0 Å². The molecule has 2 rings (SSSR count). The van der Waals surface area contributed by atoms with Crippen molar-refractivity contribution in [2.45, 2.75) is 20.3 Å². The number of nitro groups is 1. The average Bonchev–Trinajstić information content (AvgIpc) is 2.27. The zero-order valence-corrected chi connectivity index (χ0v) is 11.4. The molecule has 98 valence electrons. The van der Waals surface area contributed by atoms with Crippen LogP contribution in [0.1, 0.15) is 20.3 Å². The van der Waals surface area contributed by atoms with Crippen molar-refractivity contribution in [3.63, 3.8) is 0 Å². The van der Waals surface area contributed by atoms with E-state index in [1.165, 1.54) is 18.6 Å². The summed E-state index contributed by atoms with van der Waals surface area (Å²) >= 11 is 6.16. The average molecular weight is 269 g/mol. The molecule has 0 radical (unpaired) electrons. The molecule has 0 N–H and O–H groups in total. The summed E-state index contributed by atoms with van der Waals surface area (Å²) in [6.45, 7) is 6.37. The highest BCUT2D eigenvalue weighted by molar-refractivity contribution is 6.33. The lowest BCUT2D eigenvalue weighted by atomic mass is 9.91.